The number of aliphatic hydroxyl groups is 1. The van der Waals surface area contributed by atoms with E-state index in [9.17, 15) is 9.90 Å². The van der Waals surface area contributed by atoms with Crippen LogP contribution in [0.3, 0.4) is 0 Å². The van der Waals surface area contributed by atoms with Gasteiger partial charge in [0.05, 0.1) is 6.61 Å². The number of ether oxygens (including phenoxy) is 1. The Bertz CT molecular complexity index is 238. The van der Waals surface area contributed by atoms with Gasteiger partial charge in [0.2, 0.25) is 0 Å². The van der Waals surface area contributed by atoms with Crippen LogP contribution in [0.15, 0.2) is 0 Å². The summed E-state index contributed by atoms with van der Waals surface area (Å²) >= 11 is 0. The summed E-state index contributed by atoms with van der Waals surface area (Å²) in [5, 5.41) is 9.27. The molecule has 2 heterocycles. The van der Waals surface area contributed by atoms with Crippen LogP contribution in [0.5, 0.6) is 0 Å². The quantitative estimate of drug-likeness (QED) is 0.708. The van der Waals surface area contributed by atoms with E-state index in [2.05, 4.69) is 4.90 Å². The summed E-state index contributed by atoms with van der Waals surface area (Å²) in [5.41, 5.74) is -0.226. The molecule has 0 amide bonds. The minimum absolute atomic E-state index is 0.214. The molecule has 1 atom stereocenters. The molecule has 0 aliphatic carbocycles. The molecular weight excluding hydrogens is 206 g/mol. The minimum atomic E-state index is -0.226. The highest BCUT2D eigenvalue weighted by Gasteiger charge is 2.37. The van der Waals surface area contributed by atoms with Crippen molar-refractivity contribution >= 4 is 6.29 Å². The van der Waals surface area contributed by atoms with Gasteiger partial charge in [0, 0.05) is 31.2 Å². The van der Waals surface area contributed by atoms with E-state index in [0.717, 1.165) is 45.1 Å². The SMILES string of the molecule is O=CC1(CN2CCCC2CO)CCOCC1. The van der Waals surface area contributed by atoms with Gasteiger partial charge in [-0.3, -0.25) is 4.90 Å². The fourth-order valence-corrected chi connectivity index (χ4v) is 2.81. The normalized spacial score (nSPS) is 30.4. The van der Waals surface area contributed by atoms with Crippen LogP contribution in [0.1, 0.15) is 25.7 Å². The maximum atomic E-state index is 11.3. The number of rotatable bonds is 4. The van der Waals surface area contributed by atoms with Gasteiger partial charge in [0.1, 0.15) is 6.29 Å². The first kappa shape index (κ1) is 12.0. The van der Waals surface area contributed by atoms with Crippen molar-refractivity contribution < 1.29 is 14.6 Å². The van der Waals surface area contributed by atoms with Crippen molar-refractivity contribution in [3.05, 3.63) is 0 Å². The Hall–Kier alpha value is -0.450. The second-order valence-corrected chi connectivity index (χ2v) is 5.04. The molecule has 0 aromatic carbocycles. The maximum absolute atomic E-state index is 11.3. The lowest BCUT2D eigenvalue weighted by Gasteiger charge is -2.37. The number of carbonyl (C=O) groups is 1. The Morgan fingerprint density at radius 3 is 2.81 bits per heavy atom. The Balaban J connectivity index is 1.97. The average molecular weight is 227 g/mol. The van der Waals surface area contributed by atoms with E-state index in [1.54, 1.807) is 0 Å². The highest BCUT2D eigenvalue weighted by Crippen LogP contribution is 2.31. The van der Waals surface area contributed by atoms with E-state index in [1.807, 2.05) is 0 Å². The summed E-state index contributed by atoms with van der Waals surface area (Å²) in [7, 11) is 0. The summed E-state index contributed by atoms with van der Waals surface area (Å²) in [5.74, 6) is 0. The predicted molar refractivity (Wildman–Crippen MR) is 60.2 cm³/mol. The number of nitrogens with zero attached hydrogens (tertiary/aromatic N) is 1. The van der Waals surface area contributed by atoms with E-state index in [4.69, 9.17) is 4.74 Å². The number of aldehydes is 1. The third-order valence-corrected chi connectivity index (χ3v) is 3.97. The Kier molecular flexibility index (Phi) is 3.95. The maximum Gasteiger partial charge on any atom is 0.127 e. The monoisotopic (exact) mass is 227 g/mol. The van der Waals surface area contributed by atoms with Crippen LogP contribution in [0.2, 0.25) is 0 Å². The fraction of sp³-hybridized carbons (Fsp3) is 0.917. The van der Waals surface area contributed by atoms with Crippen molar-refractivity contribution in [2.45, 2.75) is 31.7 Å². The lowest BCUT2D eigenvalue weighted by molar-refractivity contribution is -0.123. The second-order valence-electron chi connectivity index (χ2n) is 5.04. The van der Waals surface area contributed by atoms with E-state index >= 15 is 0 Å². The van der Waals surface area contributed by atoms with Gasteiger partial charge in [-0.2, -0.15) is 0 Å². The zero-order valence-electron chi connectivity index (χ0n) is 9.73. The summed E-state index contributed by atoms with van der Waals surface area (Å²) in [4.78, 5) is 13.6. The average Bonchev–Trinajstić information content (AvgIpc) is 2.77. The largest absolute Gasteiger partial charge is 0.395 e. The molecule has 0 bridgehead atoms. The van der Waals surface area contributed by atoms with Gasteiger partial charge < -0.3 is 14.6 Å². The van der Waals surface area contributed by atoms with E-state index in [0.29, 0.717) is 13.2 Å². The zero-order chi connectivity index (χ0) is 11.4. The fourth-order valence-electron chi connectivity index (χ4n) is 2.81. The molecule has 2 aliphatic rings. The lowest BCUT2D eigenvalue weighted by atomic mass is 9.81. The van der Waals surface area contributed by atoms with Gasteiger partial charge in [0.15, 0.2) is 0 Å². The van der Waals surface area contributed by atoms with Crippen molar-refractivity contribution in [3.63, 3.8) is 0 Å². The third-order valence-electron chi connectivity index (χ3n) is 3.97. The number of likely N-dealkylation sites (tertiary alicyclic amines) is 1. The molecule has 1 unspecified atom stereocenters. The van der Waals surface area contributed by atoms with Crippen LogP contribution < -0.4 is 0 Å². The molecule has 2 saturated heterocycles. The number of hydrogen-bond acceptors (Lipinski definition) is 4. The first-order chi connectivity index (χ1) is 7.79. The molecule has 1 N–H and O–H groups in total. The van der Waals surface area contributed by atoms with Crippen molar-refractivity contribution in [1.82, 2.24) is 4.90 Å². The van der Waals surface area contributed by atoms with Gasteiger partial charge in [-0.05, 0) is 32.2 Å². The molecule has 2 fully saturated rings. The van der Waals surface area contributed by atoms with E-state index in [1.165, 1.54) is 0 Å². The molecule has 0 saturated carbocycles. The summed E-state index contributed by atoms with van der Waals surface area (Å²) in [6.45, 7) is 3.41. The molecule has 0 aromatic heterocycles. The summed E-state index contributed by atoms with van der Waals surface area (Å²) < 4.78 is 5.32. The molecule has 0 aromatic rings. The molecule has 2 aliphatic heterocycles. The van der Waals surface area contributed by atoms with Crippen LogP contribution >= 0.6 is 0 Å². The van der Waals surface area contributed by atoms with Gasteiger partial charge in [-0.25, -0.2) is 0 Å². The van der Waals surface area contributed by atoms with Crippen molar-refractivity contribution in [2.75, 3.05) is 32.9 Å². The molecule has 0 radical (unpaired) electrons. The van der Waals surface area contributed by atoms with Crippen molar-refractivity contribution in [3.8, 4) is 0 Å². The van der Waals surface area contributed by atoms with Crippen LogP contribution in [-0.2, 0) is 9.53 Å². The molecule has 0 spiro atoms. The number of hydrogen-bond donors (Lipinski definition) is 1. The van der Waals surface area contributed by atoms with Crippen LogP contribution in [0, 0.1) is 5.41 Å². The molecule has 4 nitrogen and oxygen atoms in total. The second kappa shape index (κ2) is 5.25. The van der Waals surface area contributed by atoms with Gasteiger partial charge >= 0.3 is 0 Å². The first-order valence-electron chi connectivity index (χ1n) is 6.19. The predicted octanol–water partition coefficient (Wildman–Crippen LogP) is 0.439. The number of aliphatic hydroxyl groups excluding tert-OH is 1. The molecule has 4 heteroatoms. The minimum Gasteiger partial charge on any atom is -0.395 e. The Labute approximate surface area is 96.6 Å². The first-order valence-corrected chi connectivity index (χ1v) is 6.19. The van der Waals surface area contributed by atoms with Gasteiger partial charge in [-0.15, -0.1) is 0 Å². The van der Waals surface area contributed by atoms with E-state index < -0.39 is 0 Å². The van der Waals surface area contributed by atoms with Crippen LogP contribution in [0.25, 0.3) is 0 Å². The van der Waals surface area contributed by atoms with Gasteiger partial charge in [0.25, 0.3) is 0 Å². The smallest absolute Gasteiger partial charge is 0.127 e. The topological polar surface area (TPSA) is 49.8 Å². The third kappa shape index (κ3) is 2.44. The highest BCUT2D eigenvalue weighted by atomic mass is 16.5. The highest BCUT2D eigenvalue weighted by molar-refractivity contribution is 5.60. The van der Waals surface area contributed by atoms with Crippen molar-refractivity contribution in [2.24, 2.45) is 5.41 Å². The molecular formula is C12H21NO3. The molecule has 92 valence electrons. The zero-order valence-corrected chi connectivity index (χ0v) is 9.73. The molecule has 2 rings (SSSR count). The molecule has 16 heavy (non-hydrogen) atoms. The van der Waals surface area contributed by atoms with Crippen LogP contribution in [-0.4, -0.2) is 55.2 Å². The summed E-state index contributed by atoms with van der Waals surface area (Å²) in [6, 6.07) is 0.264. The Morgan fingerprint density at radius 2 is 2.19 bits per heavy atom. The van der Waals surface area contributed by atoms with Gasteiger partial charge in [-0.1, -0.05) is 0 Å². The Morgan fingerprint density at radius 1 is 1.44 bits per heavy atom. The summed E-state index contributed by atoms with van der Waals surface area (Å²) in [6.07, 6.45) is 4.96. The van der Waals surface area contributed by atoms with Crippen LogP contribution in [0.4, 0.5) is 0 Å². The van der Waals surface area contributed by atoms with E-state index in [-0.39, 0.29) is 18.1 Å². The lowest BCUT2D eigenvalue weighted by Crippen LogP contribution is -2.45. The van der Waals surface area contributed by atoms with Crippen molar-refractivity contribution in [1.29, 1.82) is 0 Å². The number of carbonyl (C=O) groups excluding carboxylic acids is 1. The standard InChI is InChI=1S/C12H21NO3/c14-8-11-2-1-5-13(11)9-12(10-15)3-6-16-7-4-12/h10-11,14H,1-9H2.